The molecule has 1 aliphatic rings. The van der Waals surface area contributed by atoms with Crippen molar-refractivity contribution in [2.75, 3.05) is 13.7 Å². The lowest BCUT2D eigenvalue weighted by Crippen LogP contribution is -2.34. The van der Waals surface area contributed by atoms with Crippen LogP contribution in [0.4, 0.5) is 0 Å². The molecule has 0 aliphatic heterocycles. The number of benzene rings is 1. The summed E-state index contributed by atoms with van der Waals surface area (Å²) >= 11 is 0. The monoisotopic (exact) mass is 292 g/mol. The molecular formula is C17H24O4. The molecule has 0 saturated heterocycles. The van der Waals surface area contributed by atoms with Gasteiger partial charge in [0.15, 0.2) is 0 Å². The molecule has 1 N–H and O–H groups in total. The van der Waals surface area contributed by atoms with E-state index in [1.165, 1.54) is 0 Å². The van der Waals surface area contributed by atoms with Crippen LogP contribution in [0.25, 0.3) is 0 Å². The topological polar surface area (TPSA) is 55.8 Å². The molecule has 0 radical (unpaired) electrons. The van der Waals surface area contributed by atoms with Crippen LogP contribution in [0.3, 0.4) is 0 Å². The first-order valence-electron chi connectivity index (χ1n) is 7.42. The summed E-state index contributed by atoms with van der Waals surface area (Å²) in [6, 6.07) is 5.95. The van der Waals surface area contributed by atoms with Crippen LogP contribution in [0.1, 0.15) is 37.8 Å². The van der Waals surface area contributed by atoms with E-state index in [1.54, 1.807) is 14.0 Å². The minimum Gasteiger partial charge on any atom is -0.496 e. The first-order chi connectivity index (χ1) is 9.92. The molecule has 3 atom stereocenters. The van der Waals surface area contributed by atoms with Crippen molar-refractivity contribution < 1.29 is 19.4 Å². The Morgan fingerprint density at radius 3 is 2.81 bits per heavy atom. The average molecular weight is 292 g/mol. The summed E-state index contributed by atoms with van der Waals surface area (Å²) in [5.74, 6) is 0.176. The van der Waals surface area contributed by atoms with E-state index >= 15 is 0 Å². The van der Waals surface area contributed by atoms with Gasteiger partial charge in [-0.25, -0.2) is 0 Å². The Kier molecular flexibility index (Phi) is 4.57. The maximum atomic E-state index is 12.3. The second-order valence-corrected chi connectivity index (χ2v) is 6.02. The number of carbonyl (C=O) groups excluding carboxylic acids is 1. The summed E-state index contributed by atoms with van der Waals surface area (Å²) in [5, 5.41) is 10.1. The van der Waals surface area contributed by atoms with Crippen LogP contribution >= 0.6 is 0 Å². The van der Waals surface area contributed by atoms with Crippen LogP contribution in [-0.4, -0.2) is 30.9 Å². The summed E-state index contributed by atoms with van der Waals surface area (Å²) in [6.07, 6.45) is 0.484. The number of aliphatic hydroxyl groups is 1. The van der Waals surface area contributed by atoms with Gasteiger partial charge in [-0.2, -0.15) is 0 Å². The SMILES string of the molecule is CCOC(=O)[C@@H]1C[C@H](O)C[C@@]1(C)c1cc(C)ccc1OC. The van der Waals surface area contributed by atoms with E-state index < -0.39 is 11.5 Å². The lowest BCUT2D eigenvalue weighted by molar-refractivity contribution is -0.149. The average Bonchev–Trinajstić information content (AvgIpc) is 2.75. The molecule has 1 fully saturated rings. The number of hydrogen-bond donors (Lipinski definition) is 1. The Morgan fingerprint density at radius 2 is 2.19 bits per heavy atom. The minimum absolute atomic E-state index is 0.236. The largest absolute Gasteiger partial charge is 0.496 e. The second kappa shape index (κ2) is 6.06. The highest BCUT2D eigenvalue weighted by Crippen LogP contribution is 2.49. The van der Waals surface area contributed by atoms with Crippen molar-refractivity contribution in [3.8, 4) is 5.75 Å². The Bertz CT molecular complexity index is 526. The van der Waals surface area contributed by atoms with Gasteiger partial charge in [0.05, 0.1) is 25.7 Å². The smallest absolute Gasteiger partial charge is 0.309 e. The zero-order valence-corrected chi connectivity index (χ0v) is 13.2. The Labute approximate surface area is 126 Å². The van der Waals surface area contributed by atoms with Gasteiger partial charge in [-0.05, 0) is 32.8 Å². The third-order valence-electron chi connectivity index (χ3n) is 4.48. The van der Waals surface area contributed by atoms with E-state index in [0.29, 0.717) is 19.4 Å². The number of hydrogen-bond acceptors (Lipinski definition) is 4. The molecule has 0 amide bonds. The van der Waals surface area contributed by atoms with Gasteiger partial charge < -0.3 is 14.6 Å². The van der Waals surface area contributed by atoms with E-state index in [0.717, 1.165) is 16.9 Å². The third-order valence-corrected chi connectivity index (χ3v) is 4.48. The first kappa shape index (κ1) is 15.8. The van der Waals surface area contributed by atoms with Gasteiger partial charge in [0.25, 0.3) is 0 Å². The van der Waals surface area contributed by atoms with Crippen molar-refractivity contribution in [3.05, 3.63) is 29.3 Å². The first-order valence-corrected chi connectivity index (χ1v) is 7.42. The van der Waals surface area contributed by atoms with Crippen molar-refractivity contribution in [3.63, 3.8) is 0 Å². The summed E-state index contributed by atoms with van der Waals surface area (Å²) in [4.78, 5) is 12.3. The van der Waals surface area contributed by atoms with Crippen LogP contribution in [-0.2, 0) is 14.9 Å². The molecule has 4 nitrogen and oxygen atoms in total. The summed E-state index contributed by atoms with van der Waals surface area (Å²) in [5.41, 5.74) is 1.61. The predicted molar refractivity (Wildman–Crippen MR) is 80.4 cm³/mol. The Hall–Kier alpha value is -1.55. The third kappa shape index (κ3) is 2.91. The van der Waals surface area contributed by atoms with Gasteiger partial charge in [-0.3, -0.25) is 4.79 Å². The van der Waals surface area contributed by atoms with Gasteiger partial charge in [-0.1, -0.05) is 24.6 Å². The number of aryl methyl sites for hydroxylation is 1. The zero-order valence-electron chi connectivity index (χ0n) is 13.2. The van der Waals surface area contributed by atoms with E-state index in [9.17, 15) is 9.90 Å². The number of esters is 1. The molecule has 1 saturated carbocycles. The predicted octanol–water partition coefficient (Wildman–Crippen LogP) is 2.60. The van der Waals surface area contributed by atoms with Crippen LogP contribution in [0.15, 0.2) is 18.2 Å². The standard InChI is InChI=1S/C17H24O4/c1-5-21-16(19)14-9-12(18)10-17(14,3)13-8-11(2)6-7-15(13)20-4/h6-8,12,14,18H,5,9-10H2,1-4H3/t12-,14-,17-/m0/s1. The molecule has 0 aromatic heterocycles. The van der Waals surface area contributed by atoms with Gasteiger partial charge in [0.2, 0.25) is 0 Å². The van der Waals surface area contributed by atoms with Gasteiger partial charge in [-0.15, -0.1) is 0 Å². The minimum atomic E-state index is -0.491. The molecule has 0 heterocycles. The number of aliphatic hydroxyl groups excluding tert-OH is 1. The fraction of sp³-hybridized carbons (Fsp3) is 0.588. The summed E-state index contributed by atoms with van der Waals surface area (Å²) in [6.45, 7) is 6.18. The molecule has 0 bridgehead atoms. The Balaban J connectivity index is 2.47. The van der Waals surface area contributed by atoms with Gasteiger partial charge >= 0.3 is 5.97 Å². The number of methoxy groups -OCH3 is 1. The van der Waals surface area contributed by atoms with E-state index in [1.807, 2.05) is 32.0 Å². The van der Waals surface area contributed by atoms with Crippen molar-refractivity contribution in [2.24, 2.45) is 5.92 Å². The molecule has 1 aromatic carbocycles. The quantitative estimate of drug-likeness (QED) is 0.867. The lowest BCUT2D eigenvalue weighted by atomic mass is 9.73. The molecule has 21 heavy (non-hydrogen) atoms. The van der Waals surface area contributed by atoms with E-state index in [4.69, 9.17) is 9.47 Å². The fourth-order valence-corrected chi connectivity index (χ4v) is 3.41. The van der Waals surface area contributed by atoms with Crippen LogP contribution in [0.2, 0.25) is 0 Å². The number of carbonyl (C=O) groups is 1. The molecule has 116 valence electrons. The number of rotatable bonds is 4. The van der Waals surface area contributed by atoms with Crippen molar-refractivity contribution in [1.29, 1.82) is 0 Å². The van der Waals surface area contributed by atoms with Crippen LogP contribution in [0.5, 0.6) is 5.75 Å². The molecule has 4 heteroatoms. The summed E-state index contributed by atoms with van der Waals surface area (Å²) < 4.78 is 10.7. The molecule has 0 spiro atoms. The zero-order chi connectivity index (χ0) is 15.6. The van der Waals surface area contributed by atoms with Crippen molar-refractivity contribution >= 4 is 5.97 Å². The highest BCUT2D eigenvalue weighted by Gasteiger charge is 2.50. The molecule has 0 unspecified atom stereocenters. The van der Waals surface area contributed by atoms with E-state index in [2.05, 4.69) is 0 Å². The van der Waals surface area contributed by atoms with E-state index in [-0.39, 0.29) is 11.9 Å². The normalized spacial score (nSPS) is 28.4. The molecule has 1 aliphatic carbocycles. The second-order valence-electron chi connectivity index (χ2n) is 6.02. The molecular weight excluding hydrogens is 268 g/mol. The van der Waals surface area contributed by atoms with Crippen LogP contribution < -0.4 is 4.74 Å². The van der Waals surface area contributed by atoms with Gasteiger partial charge in [0, 0.05) is 11.0 Å². The maximum Gasteiger partial charge on any atom is 0.309 e. The lowest BCUT2D eigenvalue weighted by Gasteiger charge is -2.32. The molecule has 1 aromatic rings. The molecule has 2 rings (SSSR count). The highest BCUT2D eigenvalue weighted by atomic mass is 16.5. The maximum absolute atomic E-state index is 12.3. The van der Waals surface area contributed by atoms with Crippen molar-refractivity contribution in [2.45, 2.75) is 45.1 Å². The van der Waals surface area contributed by atoms with Gasteiger partial charge in [0.1, 0.15) is 5.75 Å². The van der Waals surface area contributed by atoms with Crippen molar-refractivity contribution in [1.82, 2.24) is 0 Å². The number of ether oxygens (including phenoxy) is 2. The highest BCUT2D eigenvalue weighted by molar-refractivity contribution is 5.76. The summed E-state index contributed by atoms with van der Waals surface area (Å²) in [7, 11) is 1.63. The Morgan fingerprint density at radius 1 is 1.48 bits per heavy atom. The fourth-order valence-electron chi connectivity index (χ4n) is 3.41. The van der Waals surface area contributed by atoms with Crippen LogP contribution in [0, 0.1) is 12.8 Å².